The Hall–Kier alpha value is -6.18. The third-order valence-electron chi connectivity index (χ3n) is 13.3. The minimum Gasteiger partial charge on any atom is -0.456 e. The lowest BCUT2D eigenvalue weighted by Crippen LogP contribution is -2.32. The van der Waals surface area contributed by atoms with Gasteiger partial charge in [0.05, 0.1) is 5.41 Å². The van der Waals surface area contributed by atoms with Crippen LogP contribution in [0.1, 0.15) is 65.5 Å². The van der Waals surface area contributed by atoms with Gasteiger partial charge >= 0.3 is 0 Å². The highest BCUT2D eigenvalue weighted by molar-refractivity contribution is 6.04. The van der Waals surface area contributed by atoms with Crippen molar-refractivity contribution in [2.45, 2.75) is 42.9 Å². The molecule has 1 heteroatoms. The molecule has 8 aromatic carbocycles. The number of hydrogen-bond donors (Lipinski definition) is 0. The van der Waals surface area contributed by atoms with Gasteiger partial charge in [-0.05, 0) is 103 Å². The lowest BCUT2D eigenvalue weighted by Gasteiger charge is -2.40. The Bertz CT molecular complexity index is 2800. The molecular weight excluding hydrogens is 653 g/mol. The fourth-order valence-electron chi connectivity index (χ4n) is 11.2. The van der Waals surface area contributed by atoms with Gasteiger partial charge in [0.2, 0.25) is 0 Å². The number of para-hydroxylation sites is 1. The Labute approximate surface area is 316 Å². The maximum atomic E-state index is 7.03. The van der Waals surface area contributed by atoms with E-state index in [1.54, 1.807) is 0 Å². The van der Waals surface area contributed by atoms with Crippen molar-refractivity contribution in [3.05, 3.63) is 203 Å². The summed E-state index contributed by atoms with van der Waals surface area (Å²) in [6.45, 7) is 0. The van der Waals surface area contributed by atoms with Crippen molar-refractivity contribution in [2.24, 2.45) is 0 Å². The van der Waals surface area contributed by atoms with E-state index in [2.05, 4.69) is 170 Å². The van der Waals surface area contributed by atoms with Crippen LogP contribution in [0, 0.1) is 0 Å². The molecule has 1 aliphatic heterocycles. The molecule has 0 unspecified atom stereocenters. The zero-order valence-electron chi connectivity index (χ0n) is 30.1. The van der Waals surface area contributed by atoms with E-state index in [0.29, 0.717) is 0 Å². The number of ether oxygens (including phenoxy) is 1. The second kappa shape index (κ2) is 11.2. The van der Waals surface area contributed by atoms with Crippen LogP contribution >= 0.6 is 0 Å². The van der Waals surface area contributed by atoms with Crippen LogP contribution in [0.5, 0.6) is 11.5 Å². The van der Waals surface area contributed by atoms with Gasteiger partial charge in [0.15, 0.2) is 0 Å². The third kappa shape index (κ3) is 3.84. The van der Waals surface area contributed by atoms with Crippen molar-refractivity contribution < 1.29 is 4.74 Å². The van der Waals surface area contributed by atoms with E-state index in [0.717, 1.165) is 16.9 Å². The zero-order chi connectivity index (χ0) is 35.4. The Balaban J connectivity index is 1.12. The van der Waals surface area contributed by atoms with Gasteiger partial charge in [0, 0.05) is 21.9 Å². The predicted molar refractivity (Wildman–Crippen MR) is 221 cm³/mol. The molecule has 2 spiro atoms. The van der Waals surface area contributed by atoms with Crippen molar-refractivity contribution in [3.63, 3.8) is 0 Å². The molecule has 0 bridgehead atoms. The van der Waals surface area contributed by atoms with E-state index in [-0.39, 0.29) is 5.41 Å². The summed E-state index contributed by atoms with van der Waals surface area (Å²) < 4.78 is 7.03. The van der Waals surface area contributed by atoms with Crippen LogP contribution < -0.4 is 4.74 Å². The topological polar surface area (TPSA) is 9.23 Å². The largest absolute Gasteiger partial charge is 0.456 e. The molecule has 0 radical (unpaired) electrons. The Kier molecular flexibility index (Phi) is 6.27. The fourth-order valence-corrected chi connectivity index (χ4v) is 11.2. The number of fused-ring (bicyclic) bond motifs is 16. The summed E-state index contributed by atoms with van der Waals surface area (Å²) in [5.74, 6) is 1.87. The van der Waals surface area contributed by atoms with Crippen molar-refractivity contribution in [1.29, 1.82) is 0 Å². The van der Waals surface area contributed by atoms with Crippen LogP contribution in [0.4, 0.5) is 0 Å². The van der Waals surface area contributed by atoms with Crippen LogP contribution in [-0.4, -0.2) is 0 Å². The molecule has 0 N–H and O–H groups in total. The van der Waals surface area contributed by atoms with Gasteiger partial charge in [0.25, 0.3) is 0 Å². The average Bonchev–Trinajstić information content (AvgIpc) is 3.69. The molecule has 1 nitrogen and oxygen atoms in total. The predicted octanol–water partition coefficient (Wildman–Crippen LogP) is 13.9. The second-order valence-corrected chi connectivity index (χ2v) is 15.8. The van der Waals surface area contributed by atoms with Crippen molar-refractivity contribution >= 4 is 10.8 Å². The third-order valence-corrected chi connectivity index (χ3v) is 13.3. The molecule has 8 aromatic rings. The van der Waals surface area contributed by atoms with Gasteiger partial charge in [0.1, 0.15) is 11.5 Å². The molecule has 1 heterocycles. The highest BCUT2D eigenvalue weighted by atomic mass is 16.5. The summed E-state index contributed by atoms with van der Waals surface area (Å²) in [6, 6.07) is 63.7. The molecule has 54 heavy (non-hydrogen) atoms. The second-order valence-electron chi connectivity index (χ2n) is 15.8. The summed E-state index contributed by atoms with van der Waals surface area (Å²) in [5.41, 5.74) is 18.2. The first-order chi connectivity index (χ1) is 26.8. The highest BCUT2D eigenvalue weighted by Crippen LogP contribution is 2.64. The summed E-state index contributed by atoms with van der Waals surface area (Å²) in [5, 5.41) is 2.34. The number of benzene rings is 8. The van der Waals surface area contributed by atoms with Gasteiger partial charge < -0.3 is 4.74 Å². The van der Waals surface area contributed by atoms with Crippen molar-refractivity contribution in [2.75, 3.05) is 0 Å². The van der Waals surface area contributed by atoms with E-state index >= 15 is 0 Å². The maximum Gasteiger partial charge on any atom is 0.140 e. The van der Waals surface area contributed by atoms with Crippen molar-refractivity contribution in [1.82, 2.24) is 0 Å². The molecule has 3 aliphatic carbocycles. The van der Waals surface area contributed by atoms with Gasteiger partial charge in [-0.2, -0.15) is 0 Å². The van der Waals surface area contributed by atoms with E-state index in [9.17, 15) is 0 Å². The van der Waals surface area contributed by atoms with E-state index in [4.69, 9.17) is 4.74 Å². The molecule has 1 saturated carbocycles. The molecule has 0 atom stereocenters. The molecule has 0 amide bonds. The van der Waals surface area contributed by atoms with Crippen LogP contribution in [-0.2, 0) is 10.8 Å². The SMILES string of the molecule is c1cc(-c2cccc3c2-c2ccccc2C32CCCCC2)cc(-c2cc3c(c4ccccc24)Oc2ccccc2C32c3ccccc3-c3ccccc32)c1. The lowest BCUT2D eigenvalue weighted by atomic mass is 9.65. The van der Waals surface area contributed by atoms with Crippen LogP contribution in [0.25, 0.3) is 55.3 Å². The molecular formula is C53H38O. The summed E-state index contributed by atoms with van der Waals surface area (Å²) in [4.78, 5) is 0. The lowest BCUT2D eigenvalue weighted by molar-refractivity contribution is 0.353. The Morgan fingerprint density at radius 3 is 1.69 bits per heavy atom. The minimum absolute atomic E-state index is 0.130. The van der Waals surface area contributed by atoms with Crippen LogP contribution in [0.2, 0.25) is 0 Å². The quantitative estimate of drug-likeness (QED) is 0.175. The molecule has 0 aromatic heterocycles. The summed E-state index contributed by atoms with van der Waals surface area (Å²) >= 11 is 0. The molecule has 1 fully saturated rings. The Morgan fingerprint density at radius 1 is 0.370 bits per heavy atom. The van der Waals surface area contributed by atoms with Crippen LogP contribution in [0.15, 0.2) is 170 Å². The Morgan fingerprint density at radius 2 is 0.926 bits per heavy atom. The van der Waals surface area contributed by atoms with E-state index < -0.39 is 5.41 Å². The fraction of sp³-hybridized carbons (Fsp3) is 0.132. The molecule has 4 aliphatic rings. The molecule has 0 saturated heterocycles. The van der Waals surface area contributed by atoms with Crippen LogP contribution in [0.3, 0.4) is 0 Å². The highest BCUT2D eigenvalue weighted by Gasteiger charge is 2.51. The summed E-state index contributed by atoms with van der Waals surface area (Å²) in [6.07, 6.45) is 6.40. The zero-order valence-corrected chi connectivity index (χ0v) is 30.1. The molecule has 12 rings (SSSR count). The minimum atomic E-state index is -0.522. The smallest absolute Gasteiger partial charge is 0.140 e. The first kappa shape index (κ1) is 30.3. The van der Waals surface area contributed by atoms with Gasteiger partial charge in [-0.15, -0.1) is 0 Å². The summed E-state index contributed by atoms with van der Waals surface area (Å²) in [7, 11) is 0. The average molecular weight is 691 g/mol. The van der Waals surface area contributed by atoms with E-state index in [1.165, 1.54) is 115 Å². The normalized spacial score (nSPS) is 16.2. The van der Waals surface area contributed by atoms with Crippen molar-refractivity contribution in [3.8, 4) is 56.0 Å². The van der Waals surface area contributed by atoms with Gasteiger partial charge in [-0.3, -0.25) is 0 Å². The number of hydrogen-bond acceptors (Lipinski definition) is 1. The maximum absolute atomic E-state index is 7.03. The first-order valence-corrected chi connectivity index (χ1v) is 19.6. The monoisotopic (exact) mass is 690 g/mol. The molecule has 256 valence electrons. The number of rotatable bonds is 2. The van der Waals surface area contributed by atoms with E-state index in [1.807, 2.05) is 0 Å². The van der Waals surface area contributed by atoms with Gasteiger partial charge in [-0.1, -0.05) is 171 Å². The standard InChI is InChI=1S/C53H38O/c1-12-30-52(31-13-1)43-24-7-6-22-41(43)50-36(23-15-28-47(50)52)34-16-14-17-35(32-34)42-33-48-51(40-21-3-2-18-37(40)42)54-49-29-11-10-27-46(49)53(48)44-25-8-4-19-38(44)39-20-5-9-26-45(39)53/h2-11,14-29,32-33H,1,12-13,30-31H2. The first-order valence-electron chi connectivity index (χ1n) is 19.6. The van der Waals surface area contributed by atoms with Gasteiger partial charge in [-0.25, -0.2) is 0 Å².